The van der Waals surface area contributed by atoms with Crippen LogP contribution < -0.4 is 4.74 Å². The third-order valence-electron chi connectivity index (χ3n) is 2.16. The van der Waals surface area contributed by atoms with Crippen LogP contribution in [0.2, 0.25) is 5.02 Å². The number of carbonyl (C=O) groups is 1. The largest absolute Gasteiger partial charge is 0.455 e. The maximum Gasteiger partial charge on any atom is 0.153 e. The van der Waals surface area contributed by atoms with E-state index < -0.39 is 0 Å². The van der Waals surface area contributed by atoms with Crippen molar-refractivity contribution < 1.29 is 9.53 Å². The Balaban J connectivity index is 2.36. The number of para-hydroxylation sites is 1. The van der Waals surface area contributed by atoms with Crippen LogP contribution in [0.5, 0.6) is 11.5 Å². The number of carbonyl (C=O) groups excluding carboxylic acids is 1. The third-order valence-corrected chi connectivity index (χ3v) is 3.05. The summed E-state index contributed by atoms with van der Waals surface area (Å²) < 4.78 is 6.48. The van der Waals surface area contributed by atoms with Gasteiger partial charge in [-0.15, -0.1) is 0 Å². The zero-order valence-electron chi connectivity index (χ0n) is 8.69. The molecule has 2 nitrogen and oxygen atoms in total. The van der Waals surface area contributed by atoms with Crippen molar-refractivity contribution in [2.24, 2.45) is 0 Å². The van der Waals surface area contributed by atoms with E-state index in [1.54, 1.807) is 18.2 Å². The first-order chi connectivity index (χ1) is 8.20. The van der Waals surface area contributed by atoms with Gasteiger partial charge in [-0.1, -0.05) is 23.7 Å². The minimum Gasteiger partial charge on any atom is -0.455 e. The Morgan fingerprint density at radius 3 is 2.59 bits per heavy atom. The normalized spacial score (nSPS) is 10.0. The molecule has 0 spiro atoms. The van der Waals surface area contributed by atoms with Gasteiger partial charge in [0.05, 0.1) is 10.0 Å². The molecule has 0 saturated heterocycles. The van der Waals surface area contributed by atoms with E-state index in [-0.39, 0.29) is 0 Å². The van der Waals surface area contributed by atoms with Crippen LogP contribution >= 0.6 is 27.5 Å². The molecule has 0 aliphatic carbocycles. The van der Waals surface area contributed by atoms with Crippen LogP contribution in [0.4, 0.5) is 0 Å². The molecule has 4 heteroatoms. The first-order valence-electron chi connectivity index (χ1n) is 4.88. The van der Waals surface area contributed by atoms with Crippen LogP contribution in [0.25, 0.3) is 0 Å². The van der Waals surface area contributed by atoms with E-state index >= 15 is 0 Å². The molecule has 0 bridgehead atoms. The number of rotatable bonds is 3. The zero-order valence-corrected chi connectivity index (χ0v) is 11.0. The molecule has 2 rings (SSSR count). The molecule has 2 aromatic rings. The standard InChI is InChI=1S/C13H8BrClO2/c14-11-3-1-2-4-13(11)17-12-6-5-10(15)7-9(12)8-16/h1-8H. The summed E-state index contributed by atoms with van der Waals surface area (Å²) in [7, 11) is 0. The molecule has 0 N–H and O–H groups in total. The summed E-state index contributed by atoms with van der Waals surface area (Å²) in [5.41, 5.74) is 0.424. The van der Waals surface area contributed by atoms with Crippen molar-refractivity contribution in [2.75, 3.05) is 0 Å². The van der Waals surface area contributed by atoms with Crippen molar-refractivity contribution >= 4 is 33.8 Å². The fourth-order valence-corrected chi connectivity index (χ4v) is 1.90. The minimum atomic E-state index is 0.424. The molecular weight excluding hydrogens is 303 g/mol. The Morgan fingerprint density at radius 2 is 1.88 bits per heavy atom. The number of hydrogen-bond donors (Lipinski definition) is 0. The molecule has 0 aromatic heterocycles. The van der Waals surface area contributed by atoms with E-state index in [0.29, 0.717) is 22.1 Å². The molecule has 0 amide bonds. The van der Waals surface area contributed by atoms with Crippen molar-refractivity contribution in [3.63, 3.8) is 0 Å². The molecule has 0 saturated carbocycles. The van der Waals surface area contributed by atoms with Gasteiger partial charge >= 0.3 is 0 Å². The van der Waals surface area contributed by atoms with Crippen LogP contribution in [-0.4, -0.2) is 6.29 Å². The van der Waals surface area contributed by atoms with Gasteiger partial charge in [0.15, 0.2) is 6.29 Å². The quantitative estimate of drug-likeness (QED) is 0.768. The molecule has 0 heterocycles. The van der Waals surface area contributed by atoms with E-state index in [4.69, 9.17) is 16.3 Å². The Bertz CT molecular complexity index is 555. The van der Waals surface area contributed by atoms with Crippen LogP contribution in [0.3, 0.4) is 0 Å². The molecule has 17 heavy (non-hydrogen) atoms. The molecule has 0 atom stereocenters. The predicted octanol–water partition coefficient (Wildman–Crippen LogP) is 4.71. The Labute approximate surface area is 112 Å². The minimum absolute atomic E-state index is 0.424. The van der Waals surface area contributed by atoms with Gasteiger partial charge in [0.25, 0.3) is 0 Å². The molecule has 2 aromatic carbocycles. The van der Waals surface area contributed by atoms with Crippen molar-refractivity contribution in [2.45, 2.75) is 0 Å². The molecule has 0 unspecified atom stereocenters. The zero-order chi connectivity index (χ0) is 12.3. The van der Waals surface area contributed by atoms with Crippen LogP contribution in [0.15, 0.2) is 46.9 Å². The number of benzene rings is 2. The first-order valence-corrected chi connectivity index (χ1v) is 6.05. The number of hydrogen-bond acceptors (Lipinski definition) is 2. The van der Waals surface area contributed by atoms with E-state index in [9.17, 15) is 4.79 Å². The van der Waals surface area contributed by atoms with Gasteiger partial charge in [0.2, 0.25) is 0 Å². The summed E-state index contributed by atoms with van der Waals surface area (Å²) in [5, 5.41) is 0.506. The fourth-order valence-electron chi connectivity index (χ4n) is 1.35. The number of halogens is 2. The van der Waals surface area contributed by atoms with Crippen molar-refractivity contribution in [3.8, 4) is 11.5 Å². The van der Waals surface area contributed by atoms with Gasteiger partial charge in [-0.05, 0) is 46.3 Å². The lowest BCUT2D eigenvalue weighted by molar-refractivity contribution is 0.112. The van der Waals surface area contributed by atoms with Crippen LogP contribution in [0.1, 0.15) is 10.4 Å². The summed E-state index contributed by atoms with van der Waals surface area (Å²) in [6.07, 6.45) is 0.720. The second-order valence-electron chi connectivity index (χ2n) is 3.33. The van der Waals surface area contributed by atoms with E-state index in [1.807, 2.05) is 24.3 Å². The summed E-state index contributed by atoms with van der Waals surface area (Å²) >= 11 is 9.18. The van der Waals surface area contributed by atoms with E-state index in [0.717, 1.165) is 10.8 Å². The van der Waals surface area contributed by atoms with Gasteiger partial charge in [-0.3, -0.25) is 4.79 Å². The first kappa shape index (κ1) is 12.1. The number of aldehydes is 1. The Hall–Kier alpha value is -1.32. The fraction of sp³-hybridized carbons (Fsp3) is 0. The van der Waals surface area contributed by atoms with E-state index in [1.165, 1.54) is 0 Å². The van der Waals surface area contributed by atoms with Gasteiger partial charge < -0.3 is 4.74 Å². The van der Waals surface area contributed by atoms with Crippen molar-refractivity contribution in [1.82, 2.24) is 0 Å². The van der Waals surface area contributed by atoms with E-state index in [2.05, 4.69) is 15.9 Å². The molecule has 0 fully saturated rings. The maximum absolute atomic E-state index is 10.9. The average molecular weight is 312 g/mol. The van der Waals surface area contributed by atoms with Crippen molar-refractivity contribution in [1.29, 1.82) is 0 Å². The summed E-state index contributed by atoms with van der Waals surface area (Å²) in [4.78, 5) is 10.9. The van der Waals surface area contributed by atoms with Crippen LogP contribution in [-0.2, 0) is 0 Å². The Kier molecular flexibility index (Phi) is 3.82. The summed E-state index contributed by atoms with van der Waals surface area (Å²) in [5.74, 6) is 1.13. The second-order valence-corrected chi connectivity index (χ2v) is 4.62. The molecule has 86 valence electrons. The van der Waals surface area contributed by atoms with Gasteiger partial charge in [0, 0.05) is 5.02 Å². The molecule has 0 aliphatic rings. The highest BCUT2D eigenvalue weighted by Crippen LogP contribution is 2.31. The highest BCUT2D eigenvalue weighted by Gasteiger charge is 2.07. The topological polar surface area (TPSA) is 26.3 Å². The summed E-state index contributed by atoms with van der Waals surface area (Å²) in [6, 6.07) is 12.3. The second kappa shape index (κ2) is 5.34. The molecule has 0 aliphatic heterocycles. The van der Waals surface area contributed by atoms with Gasteiger partial charge in [0.1, 0.15) is 11.5 Å². The number of ether oxygens (including phenoxy) is 1. The third kappa shape index (κ3) is 2.87. The lowest BCUT2D eigenvalue weighted by Crippen LogP contribution is -1.90. The molecule has 0 radical (unpaired) electrons. The van der Waals surface area contributed by atoms with Crippen LogP contribution in [0, 0.1) is 0 Å². The lowest BCUT2D eigenvalue weighted by Gasteiger charge is -2.09. The summed E-state index contributed by atoms with van der Waals surface area (Å²) in [6.45, 7) is 0. The highest BCUT2D eigenvalue weighted by atomic mass is 79.9. The Morgan fingerprint density at radius 1 is 1.12 bits per heavy atom. The van der Waals surface area contributed by atoms with Gasteiger partial charge in [-0.2, -0.15) is 0 Å². The van der Waals surface area contributed by atoms with Crippen molar-refractivity contribution in [3.05, 3.63) is 57.5 Å². The maximum atomic E-state index is 10.9. The SMILES string of the molecule is O=Cc1cc(Cl)ccc1Oc1ccccc1Br. The van der Waals surface area contributed by atoms with Gasteiger partial charge in [-0.25, -0.2) is 0 Å². The molecular formula is C13H8BrClO2. The highest BCUT2D eigenvalue weighted by molar-refractivity contribution is 9.10. The average Bonchev–Trinajstić information content (AvgIpc) is 2.34. The monoisotopic (exact) mass is 310 g/mol. The predicted molar refractivity (Wildman–Crippen MR) is 71.1 cm³/mol. The lowest BCUT2D eigenvalue weighted by atomic mass is 10.2. The smallest absolute Gasteiger partial charge is 0.153 e.